The predicted octanol–water partition coefficient (Wildman–Crippen LogP) is 2.82. The van der Waals surface area contributed by atoms with Gasteiger partial charge in [-0.2, -0.15) is 5.26 Å². The number of pyridine rings is 1. The molecule has 7 heteroatoms. The van der Waals surface area contributed by atoms with Crippen molar-refractivity contribution in [3.63, 3.8) is 0 Å². The maximum atomic E-state index is 12.5. The monoisotopic (exact) mass is 248 g/mol. The van der Waals surface area contributed by atoms with Crippen LogP contribution in [-0.2, 0) is 13.1 Å². The Kier molecular flexibility index (Phi) is 3.89. The quantitative estimate of drug-likeness (QED) is 0.772. The average Bonchev–Trinajstić information content (AvgIpc) is 2.20. The zero-order valence-corrected chi connectivity index (χ0v) is 8.81. The van der Waals surface area contributed by atoms with Crippen molar-refractivity contribution < 1.29 is 22.3 Å². The second kappa shape index (κ2) is 4.99. The minimum atomic E-state index is -4.93. The van der Waals surface area contributed by atoms with Crippen LogP contribution in [0.15, 0.2) is 6.07 Å². The second-order valence-corrected chi connectivity index (χ2v) is 3.23. The standard InChI is InChI=1S/C10H8F4N2O/c1-6-4-7(5-11)9(17-10(12,13)14)16-8(6)2-3-15/h4H,2,5H2,1H3. The van der Waals surface area contributed by atoms with Crippen LogP contribution in [0.2, 0.25) is 0 Å². The number of hydrogen-bond acceptors (Lipinski definition) is 3. The van der Waals surface area contributed by atoms with Crippen molar-refractivity contribution in [1.29, 1.82) is 5.26 Å². The van der Waals surface area contributed by atoms with E-state index in [1.165, 1.54) is 13.0 Å². The van der Waals surface area contributed by atoms with E-state index >= 15 is 0 Å². The Morgan fingerprint density at radius 2 is 2.12 bits per heavy atom. The molecule has 0 saturated carbocycles. The van der Waals surface area contributed by atoms with Crippen LogP contribution in [0, 0.1) is 18.3 Å². The lowest BCUT2D eigenvalue weighted by atomic mass is 10.1. The fourth-order valence-corrected chi connectivity index (χ4v) is 1.24. The van der Waals surface area contributed by atoms with Crippen LogP contribution in [0.5, 0.6) is 5.88 Å². The number of nitriles is 1. The molecule has 0 amide bonds. The number of rotatable bonds is 3. The Bertz CT molecular complexity index is 451. The smallest absolute Gasteiger partial charge is 0.387 e. The molecule has 0 aliphatic rings. The first-order valence-corrected chi connectivity index (χ1v) is 4.55. The van der Waals surface area contributed by atoms with Crippen molar-refractivity contribution in [3.8, 4) is 11.9 Å². The maximum absolute atomic E-state index is 12.5. The first-order chi connectivity index (χ1) is 7.87. The number of ether oxygens (including phenoxy) is 1. The Balaban J connectivity index is 3.18. The number of nitrogens with zero attached hydrogens (tertiary/aromatic N) is 2. The molecule has 0 fully saturated rings. The molecule has 0 aliphatic heterocycles. The van der Waals surface area contributed by atoms with Crippen molar-refractivity contribution in [2.45, 2.75) is 26.4 Å². The van der Waals surface area contributed by atoms with E-state index in [1.807, 2.05) is 0 Å². The first-order valence-electron chi connectivity index (χ1n) is 4.55. The highest BCUT2D eigenvalue weighted by Crippen LogP contribution is 2.27. The van der Waals surface area contributed by atoms with Crippen molar-refractivity contribution in [1.82, 2.24) is 4.98 Å². The van der Waals surface area contributed by atoms with Crippen molar-refractivity contribution >= 4 is 0 Å². The van der Waals surface area contributed by atoms with E-state index in [0.717, 1.165) is 0 Å². The van der Waals surface area contributed by atoms with Gasteiger partial charge >= 0.3 is 6.36 Å². The van der Waals surface area contributed by atoms with E-state index < -0.39 is 18.9 Å². The van der Waals surface area contributed by atoms with Gasteiger partial charge in [0.05, 0.1) is 18.2 Å². The summed E-state index contributed by atoms with van der Waals surface area (Å²) in [6.45, 7) is 0.419. The highest BCUT2D eigenvalue weighted by molar-refractivity contribution is 5.34. The molecule has 0 unspecified atom stereocenters. The third-order valence-corrected chi connectivity index (χ3v) is 1.96. The third kappa shape index (κ3) is 3.59. The lowest BCUT2D eigenvalue weighted by Gasteiger charge is -2.12. The molecule has 1 aromatic rings. The first kappa shape index (κ1) is 13.2. The minimum Gasteiger partial charge on any atom is -0.387 e. The molecule has 0 saturated heterocycles. The Morgan fingerprint density at radius 1 is 1.47 bits per heavy atom. The number of aromatic nitrogens is 1. The van der Waals surface area contributed by atoms with E-state index in [4.69, 9.17) is 5.26 Å². The number of aryl methyl sites for hydroxylation is 1. The molecule has 3 nitrogen and oxygen atoms in total. The topological polar surface area (TPSA) is 45.9 Å². The summed E-state index contributed by atoms with van der Waals surface area (Å²) in [5.74, 6) is -0.837. The van der Waals surface area contributed by atoms with Gasteiger partial charge < -0.3 is 4.74 Å². The summed E-state index contributed by atoms with van der Waals surface area (Å²) in [7, 11) is 0. The van der Waals surface area contributed by atoms with Gasteiger partial charge in [-0.1, -0.05) is 0 Å². The molecular formula is C10H8F4N2O. The van der Waals surface area contributed by atoms with Crippen LogP contribution in [0.25, 0.3) is 0 Å². The van der Waals surface area contributed by atoms with Gasteiger partial charge in [-0.3, -0.25) is 0 Å². The summed E-state index contributed by atoms with van der Waals surface area (Å²) >= 11 is 0. The van der Waals surface area contributed by atoms with Gasteiger partial charge in [0.25, 0.3) is 0 Å². The Hall–Kier alpha value is -1.84. The minimum absolute atomic E-state index is 0.143. The molecule has 0 aromatic carbocycles. The zero-order valence-electron chi connectivity index (χ0n) is 8.81. The van der Waals surface area contributed by atoms with E-state index in [2.05, 4.69) is 9.72 Å². The predicted molar refractivity (Wildman–Crippen MR) is 49.8 cm³/mol. The van der Waals surface area contributed by atoms with Crippen LogP contribution in [-0.4, -0.2) is 11.3 Å². The van der Waals surface area contributed by atoms with Crippen LogP contribution >= 0.6 is 0 Å². The van der Waals surface area contributed by atoms with E-state index in [1.54, 1.807) is 6.07 Å². The van der Waals surface area contributed by atoms with Gasteiger partial charge in [0, 0.05) is 5.56 Å². The van der Waals surface area contributed by atoms with Gasteiger partial charge in [-0.05, 0) is 18.6 Å². The van der Waals surface area contributed by atoms with Gasteiger partial charge in [-0.25, -0.2) is 9.37 Å². The highest BCUT2D eigenvalue weighted by atomic mass is 19.4. The summed E-state index contributed by atoms with van der Waals surface area (Å²) in [6, 6.07) is 2.95. The Morgan fingerprint density at radius 3 is 2.59 bits per heavy atom. The van der Waals surface area contributed by atoms with Gasteiger partial charge in [0.1, 0.15) is 6.67 Å². The second-order valence-electron chi connectivity index (χ2n) is 3.23. The van der Waals surface area contributed by atoms with Crippen molar-refractivity contribution in [2.24, 2.45) is 0 Å². The van der Waals surface area contributed by atoms with Crippen LogP contribution in [0.1, 0.15) is 16.8 Å². The fourth-order valence-electron chi connectivity index (χ4n) is 1.24. The SMILES string of the molecule is Cc1cc(CF)c(OC(F)(F)F)nc1CC#N. The summed E-state index contributed by atoms with van der Waals surface area (Å²) in [5, 5.41) is 8.47. The van der Waals surface area contributed by atoms with Gasteiger partial charge in [0.2, 0.25) is 5.88 Å². The van der Waals surface area contributed by atoms with E-state index in [9.17, 15) is 17.6 Å². The zero-order chi connectivity index (χ0) is 13.1. The molecule has 0 aliphatic carbocycles. The highest BCUT2D eigenvalue weighted by Gasteiger charge is 2.33. The lowest BCUT2D eigenvalue weighted by molar-refractivity contribution is -0.276. The number of halogens is 4. The summed E-state index contributed by atoms with van der Waals surface area (Å²) in [5.41, 5.74) is 0.305. The molecular weight excluding hydrogens is 240 g/mol. The molecule has 1 heterocycles. The van der Waals surface area contributed by atoms with Gasteiger partial charge in [-0.15, -0.1) is 13.2 Å². The molecule has 0 bridgehead atoms. The molecule has 0 radical (unpaired) electrons. The van der Waals surface area contributed by atoms with Crippen molar-refractivity contribution in [3.05, 3.63) is 22.9 Å². The number of alkyl halides is 4. The largest absolute Gasteiger partial charge is 0.574 e. The third-order valence-electron chi connectivity index (χ3n) is 1.96. The van der Waals surface area contributed by atoms with E-state index in [-0.39, 0.29) is 17.7 Å². The average molecular weight is 248 g/mol. The molecule has 0 N–H and O–H groups in total. The summed E-state index contributed by atoms with van der Waals surface area (Å²) in [4.78, 5) is 3.51. The van der Waals surface area contributed by atoms with E-state index in [0.29, 0.717) is 5.56 Å². The fraction of sp³-hybridized carbons (Fsp3) is 0.400. The lowest BCUT2D eigenvalue weighted by Crippen LogP contribution is -2.19. The normalized spacial score (nSPS) is 11.1. The van der Waals surface area contributed by atoms with Gasteiger partial charge in [0.15, 0.2) is 0 Å². The number of hydrogen-bond donors (Lipinski definition) is 0. The molecule has 1 aromatic heterocycles. The molecule has 0 spiro atoms. The Labute approximate surface area is 94.6 Å². The molecule has 17 heavy (non-hydrogen) atoms. The molecule has 1 rings (SSSR count). The van der Waals surface area contributed by atoms with Crippen LogP contribution < -0.4 is 4.74 Å². The summed E-state index contributed by atoms with van der Waals surface area (Å²) < 4.78 is 52.2. The van der Waals surface area contributed by atoms with Crippen LogP contribution in [0.3, 0.4) is 0 Å². The molecule has 92 valence electrons. The van der Waals surface area contributed by atoms with Crippen LogP contribution in [0.4, 0.5) is 17.6 Å². The molecule has 0 atom stereocenters. The summed E-state index contributed by atoms with van der Waals surface area (Å²) in [6.07, 6.45) is -5.09. The maximum Gasteiger partial charge on any atom is 0.574 e. The van der Waals surface area contributed by atoms with Crippen molar-refractivity contribution in [2.75, 3.05) is 0 Å².